The molecule has 0 radical (unpaired) electrons. The number of likely N-dealkylation sites (N-methyl/N-ethyl adjacent to an activating group) is 1. The summed E-state index contributed by atoms with van der Waals surface area (Å²) in [5, 5.41) is 3.30. The molecule has 7 heteroatoms. The number of nitrogens with one attached hydrogen (secondary N) is 1. The number of anilines is 1. The highest BCUT2D eigenvalue weighted by molar-refractivity contribution is 6.39. The lowest BCUT2D eigenvalue weighted by molar-refractivity contribution is -0.116. The summed E-state index contributed by atoms with van der Waals surface area (Å²) in [4.78, 5) is 26.1. The summed E-state index contributed by atoms with van der Waals surface area (Å²) in [6.45, 7) is 2.45. The van der Waals surface area contributed by atoms with Crippen LogP contribution in [-0.4, -0.2) is 36.9 Å². The first kappa shape index (κ1) is 20.1. The van der Waals surface area contributed by atoms with Crippen LogP contribution in [0, 0.1) is 0 Å². The summed E-state index contributed by atoms with van der Waals surface area (Å²) in [5.41, 5.74) is 0.779. The van der Waals surface area contributed by atoms with E-state index in [1.165, 1.54) is 4.90 Å². The molecular weight excluding hydrogens is 375 g/mol. The first-order chi connectivity index (χ1) is 12.4. The van der Waals surface area contributed by atoms with Gasteiger partial charge in [-0.2, -0.15) is 0 Å². The van der Waals surface area contributed by atoms with Crippen LogP contribution in [0.1, 0.15) is 23.7 Å². The second-order valence-corrected chi connectivity index (χ2v) is 6.50. The zero-order valence-corrected chi connectivity index (χ0v) is 16.1. The molecule has 0 aliphatic rings. The molecule has 0 aromatic heterocycles. The third-order valence-corrected chi connectivity index (χ3v) is 4.14. The van der Waals surface area contributed by atoms with Gasteiger partial charge in [-0.25, -0.2) is 0 Å². The Balaban J connectivity index is 2.01. The smallest absolute Gasteiger partial charge is 0.254 e. The number of nitrogens with zero attached hydrogens (tertiary/aromatic N) is 1. The van der Waals surface area contributed by atoms with E-state index in [0.717, 1.165) is 6.42 Å². The molecule has 0 heterocycles. The number of benzene rings is 2. The molecule has 2 rings (SSSR count). The third kappa shape index (κ3) is 5.38. The van der Waals surface area contributed by atoms with Crippen LogP contribution in [0.4, 0.5) is 5.69 Å². The molecule has 2 amide bonds. The van der Waals surface area contributed by atoms with Crippen molar-refractivity contribution in [2.24, 2.45) is 0 Å². The molecule has 0 saturated carbocycles. The minimum Gasteiger partial charge on any atom is -0.494 e. The fraction of sp³-hybridized carbons (Fsp3) is 0.263. The summed E-state index contributed by atoms with van der Waals surface area (Å²) in [7, 11) is 1.55. The maximum atomic E-state index is 12.5. The quantitative estimate of drug-likeness (QED) is 0.752. The highest BCUT2D eigenvalue weighted by atomic mass is 35.5. The molecule has 1 N–H and O–H groups in total. The average molecular weight is 395 g/mol. The number of hydrogen-bond donors (Lipinski definition) is 1. The zero-order valence-electron chi connectivity index (χ0n) is 14.6. The van der Waals surface area contributed by atoms with E-state index in [0.29, 0.717) is 33.7 Å². The Hall–Kier alpha value is -2.24. The van der Waals surface area contributed by atoms with Gasteiger partial charge in [-0.1, -0.05) is 42.3 Å². The van der Waals surface area contributed by atoms with Crippen molar-refractivity contribution in [2.75, 3.05) is 25.5 Å². The molecule has 2 aromatic rings. The normalized spacial score (nSPS) is 10.3. The van der Waals surface area contributed by atoms with E-state index in [1.807, 2.05) is 6.92 Å². The van der Waals surface area contributed by atoms with Crippen LogP contribution in [0.3, 0.4) is 0 Å². The fourth-order valence-electron chi connectivity index (χ4n) is 2.24. The Morgan fingerprint density at radius 1 is 1.12 bits per heavy atom. The molecule has 0 aliphatic heterocycles. The second-order valence-electron chi connectivity index (χ2n) is 5.68. The topological polar surface area (TPSA) is 58.6 Å². The first-order valence-electron chi connectivity index (χ1n) is 8.14. The predicted octanol–water partition coefficient (Wildman–Crippen LogP) is 4.49. The Labute approximate surface area is 162 Å². The second kappa shape index (κ2) is 9.46. The lowest BCUT2D eigenvalue weighted by Gasteiger charge is -2.18. The molecule has 0 atom stereocenters. The number of carbonyl (C=O) groups is 2. The molecule has 0 unspecified atom stereocenters. The molecule has 138 valence electrons. The van der Waals surface area contributed by atoms with Crippen molar-refractivity contribution in [2.45, 2.75) is 13.3 Å². The van der Waals surface area contributed by atoms with Crippen LogP contribution in [0.2, 0.25) is 10.0 Å². The highest BCUT2D eigenvalue weighted by Gasteiger charge is 2.17. The van der Waals surface area contributed by atoms with Gasteiger partial charge >= 0.3 is 0 Å². The zero-order chi connectivity index (χ0) is 19.1. The van der Waals surface area contributed by atoms with Crippen LogP contribution >= 0.6 is 23.2 Å². The van der Waals surface area contributed by atoms with Gasteiger partial charge in [-0.3, -0.25) is 9.59 Å². The Morgan fingerprint density at radius 3 is 2.42 bits per heavy atom. The fourth-order valence-corrected chi connectivity index (χ4v) is 2.73. The van der Waals surface area contributed by atoms with Crippen molar-refractivity contribution < 1.29 is 14.3 Å². The number of carbonyl (C=O) groups excluding carboxylic acids is 2. The maximum Gasteiger partial charge on any atom is 0.254 e. The van der Waals surface area contributed by atoms with Crippen molar-refractivity contribution in [1.82, 2.24) is 4.90 Å². The number of ether oxygens (including phenoxy) is 1. The largest absolute Gasteiger partial charge is 0.494 e. The van der Waals surface area contributed by atoms with Gasteiger partial charge in [0.25, 0.3) is 5.91 Å². The van der Waals surface area contributed by atoms with Crippen LogP contribution in [-0.2, 0) is 4.79 Å². The summed E-state index contributed by atoms with van der Waals surface area (Å²) < 4.78 is 5.53. The number of para-hydroxylation sites is 1. The molecule has 0 bridgehead atoms. The van der Waals surface area contributed by atoms with Crippen molar-refractivity contribution >= 4 is 40.7 Å². The van der Waals surface area contributed by atoms with Crippen molar-refractivity contribution in [3.05, 3.63) is 58.1 Å². The minimum absolute atomic E-state index is 0.138. The van der Waals surface area contributed by atoms with E-state index in [9.17, 15) is 9.59 Å². The van der Waals surface area contributed by atoms with Crippen LogP contribution < -0.4 is 10.1 Å². The molecule has 0 aliphatic carbocycles. The van der Waals surface area contributed by atoms with E-state index >= 15 is 0 Å². The van der Waals surface area contributed by atoms with Gasteiger partial charge in [0.2, 0.25) is 5.91 Å². The van der Waals surface area contributed by atoms with Crippen molar-refractivity contribution in [3.63, 3.8) is 0 Å². The van der Waals surface area contributed by atoms with Gasteiger partial charge in [-0.15, -0.1) is 0 Å². The predicted molar refractivity (Wildman–Crippen MR) is 104 cm³/mol. The molecule has 5 nitrogen and oxygen atoms in total. The molecule has 0 fully saturated rings. The minimum atomic E-state index is -0.394. The van der Waals surface area contributed by atoms with Crippen LogP contribution in [0.15, 0.2) is 42.5 Å². The Morgan fingerprint density at radius 2 is 1.77 bits per heavy atom. The lowest BCUT2D eigenvalue weighted by Crippen LogP contribution is -2.35. The van der Waals surface area contributed by atoms with Gasteiger partial charge < -0.3 is 15.0 Å². The van der Waals surface area contributed by atoms with Gasteiger partial charge in [-0.05, 0) is 36.8 Å². The third-order valence-electron chi connectivity index (χ3n) is 3.51. The number of hydrogen-bond acceptors (Lipinski definition) is 3. The molecule has 26 heavy (non-hydrogen) atoms. The van der Waals surface area contributed by atoms with E-state index in [-0.39, 0.29) is 12.5 Å². The molecule has 0 spiro atoms. The van der Waals surface area contributed by atoms with E-state index in [4.69, 9.17) is 27.9 Å². The number of amides is 2. The Kier molecular flexibility index (Phi) is 7.30. The van der Waals surface area contributed by atoms with Crippen molar-refractivity contribution in [3.8, 4) is 5.75 Å². The summed E-state index contributed by atoms with van der Waals surface area (Å²) in [6.07, 6.45) is 0.878. The van der Waals surface area contributed by atoms with Gasteiger partial charge in [0, 0.05) is 12.6 Å². The molecule has 0 saturated heterocycles. The monoisotopic (exact) mass is 394 g/mol. The maximum absolute atomic E-state index is 12.5. The average Bonchev–Trinajstić information content (AvgIpc) is 2.62. The molecule has 2 aromatic carbocycles. The van der Waals surface area contributed by atoms with E-state index in [2.05, 4.69) is 5.32 Å². The summed E-state index contributed by atoms with van der Waals surface area (Å²) in [5.74, 6) is -0.0556. The van der Waals surface area contributed by atoms with Gasteiger partial charge in [0.15, 0.2) is 0 Å². The highest BCUT2D eigenvalue weighted by Crippen LogP contribution is 2.29. The first-order valence-corrected chi connectivity index (χ1v) is 8.90. The lowest BCUT2D eigenvalue weighted by atomic mass is 10.2. The molecular formula is C19H20Cl2N2O3. The van der Waals surface area contributed by atoms with Crippen LogP contribution in [0.5, 0.6) is 5.75 Å². The van der Waals surface area contributed by atoms with Crippen molar-refractivity contribution in [1.29, 1.82) is 0 Å². The van der Waals surface area contributed by atoms with E-state index in [1.54, 1.807) is 49.5 Å². The summed E-state index contributed by atoms with van der Waals surface area (Å²) >= 11 is 12.1. The number of halogens is 2. The van der Waals surface area contributed by atoms with E-state index < -0.39 is 5.91 Å². The SMILES string of the molecule is CCCOc1cccc(C(=O)N(C)CC(=O)Nc2c(Cl)cccc2Cl)c1. The van der Waals surface area contributed by atoms with Crippen LogP contribution in [0.25, 0.3) is 0 Å². The summed E-state index contributed by atoms with van der Waals surface area (Å²) in [6, 6.07) is 11.8. The Bertz CT molecular complexity index is 776. The van der Waals surface area contributed by atoms with Gasteiger partial charge in [0.1, 0.15) is 5.75 Å². The number of rotatable bonds is 7. The van der Waals surface area contributed by atoms with Gasteiger partial charge in [0.05, 0.1) is 28.9 Å². The standard InChI is InChI=1S/C19H20Cl2N2O3/c1-3-10-26-14-7-4-6-13(11-14)19(25)23(2)12-17(24)22-18-15(20)8-5-9-16(18)21/h4-9,11H,3,10,12H2,1-2H3,(H,22,24).